The van der Waals surface area contributed by atoms with Crippen molar-refractivity contribution in [2.24, 2.45) is 5.92 Å². The molecule has 0 saturated carbocycles. The smallest absolute Gasteiger partial charge is 0.255 e. The topological polar surface area (TPSA) is 55.5 Å². The first-order valence-electron chi connectivity index (χ1n) is 6.38. The van der Waals surface area contributed by atoms with Crippen molar-refractivity contribution in [1.29, 1.82) is 0 Å². The van der Waals surface area contributed by atoms with Crippen LogP contribution in [0, 0.1) is 5.92 Å². The third-order valence-electron chi connectivity index (χ3n) is 3.45. The van der Waals surface area contributed by atoms with Crippen molar-refractivity contribution in [3.8, 4) is 0 Å². The molecule has 102 valence electrons. The van der Waals surface area contributed by atoms with Crippen LogP contribution in [-0.4, -0.2) is 46.4 Å². The van der Waals surface area contributed by atoms with Crippen molar-refractivity contribution in [3.05, 3.63) is 17.5 Å². The highest BCUT2D eigenvalue weighted by Gasteiger charge is 2.22. The Labute approximate surface area is 116 Å². The zero-order chi connectivity index (χ0) is 13.2. The molecule has 1 aliphatic rings. The van der Waals surface area contributed by atoms with Crippen molar-refractivity contribution < 1.29 is 4.74 Å². The van der Waals surface area contributed by atoms with Gasteiger partial charge in [-0.3, -0.25) is 0 Å². The Kier molecular flexibility index (Phi) is 3.52. The molecule has 1 fully saturated rings. The summed E-state index contributed by atoms with van der Waals surface area (Å²) in [6.07, 6.45) is 3.84. The van der Waals surface area contributed by atoms with E-state index in [1.54, 1.807) is 11.6 Å². The average molecular weight is 282 g/mol. The maximum Gasteiger partial charge on any atom is 0.255 e. The summed E-state index contributed by atoms with van der Waals surface area (Å²) in [7, 11) is 1.75. The molecule has 6 nitrogen and oxygen atoms in total. The van der Waals surface area contributed by atoms with Crippen molar-refractivity contribution in [3.63, 3.8) is 0 Å². The summed E-state index contributed by atoms with van der Waals surface area (Å²) >= 11 is 6.05. The molecule has 1 aliphatic heterocycles. The summed E-state index contributed by atoms with van der Waals surface area (Å²) in [6.45, 7) is 2.73. The lowest BCUT2D eigenvalue weighted by atomic mass is 9.99. The molecule has 1 atom stereocenters. The summed E-state index contributed by atoms with van der Waals surface area (Å²) < 4.78 is 7.00. The van der Waals surface area contributed by atoms with Crippen LogP contribution in [0.1, 0.15) is 12.8 Å². The third kappa shape index (κ3) is 2.50. The molecule has 0 radical (unpaired) electrons. The van der Waals surface area contributed by atoms with Crippen LogP contribution < -0.4 is 4.90 Å². The van der Waals surface area contributed by atoms with E-state index in [9.17, 15) is 0 Å². The van der Waals surface area contributed by atoms with Gasteiger partial charge in [0.15, 0.2) is 0 Å². The van der Waals surface area contributed by atoms with Crippen LogP contribution in [0.5, 0.6) is 0 Å². The van der Waals surface area contributed by atoms with E-state index < -0.39 is 0 Å². The number of anilines is 1. The maximum atomic E-state index is 6.05. The number of halogens is 1. The normalized spacial score (nSPS) is 20.1. The van der Waals surface area contributed by atoms with E-state index in [0.717, 1.165) is 31.9 Å². The second kappa shape index (κ2) is 5.30. The van der Waals surface area contributed by atoms with Crippen molar-refractivity contribution in [1.82, 2.24) is 19.6 Å². The fraction of sp³-hybridized carbons (Fsp3) is 0.583. The van der Waals surface area contributed by atoms with Gasteiger partial charge >= 0.3 is 0 Å². The Morgan fingerprint density at radius 3 is 3.26 bits per heavy atom. The SMILES string of the molecule is COCC1CCCN(c2cc(Cl)nc3ncnn23)C1. The van der Waals surface area contributed by atoms with Gasteiger partial charge in [-0.2, -0.15) is 19.6 Å². The van der Waals surface area contributed by atoms with E-state index in [0.29, 0.717) is 16.8 Å². The van der Waals surface area contributed by atoms with E-state index >= 15 is 0 Å². The quantitative estimate of drug-likeness (QED) is 0.801. The van der Waals surface area contributed by atoms with Gasteiger partial charge in [-0.1, -0.05) is 11.6 Å². The molecular weight excluding hydrogens is 266 g/mol. The van der Waals surface area contributed by atoms with E-state index in [1.165, 1.54) is 12.7 Å². The van der Waals surface area contributed by atoms with Crippen molar-refractivity contribution in [2.45, 2.75) is 12.8 Å². The number of hydrogen-bond donors (Lipinski definition) is 0. The minimum absolute atomic E-state index is 0.448. The Morgan fingerprint density at radius 1 is 1.53 bits per heavy atom. The number of piperidine rings is 1. The van der Waals surface area contributed by atoms with Crippen molar-refractivity contribution >= 4 is 23.2 Å². The van der Waals surface area contributed by atoms with Gasteiger partial charge in [0, 0.05) is 26.3 Å². The standard InChI is InChI=1S/C12H16ClN5O/c1-19-7-9-3-2-4-17(6-9)11-5-10(13)16-12-14-8-15-18(11)12/h5,8-9H,2-4,6-7H2,1H3. The molecule has 0 N–H and O–H groups in total. The van der Waals surface area contributed by atoms with Gasteiger partial charge < -0.3 is 9.64 Å². The number of aromatic nitrogens is 4. The van der Waals surface area contributed by atoms with Crippen LogP contribution in [0.2, 0.25) is 5.15 Å². The lowest BCUT2D eigenvalue weighted by Gasteiger charge is -2.33. The van der Waals surface area contributed by atoms with Gasteiger partial charge in [0.1, 0.15) is 17.3 Å². The van der Waals surface area contributed by atoms with Gasteiger partial charge in [-0.15, -0.1) is 0 Å². The summed E-state index contributed by atoms with van der Waals surface area (Å²) in [5.41, 5.74) is 0. The van der Waals surface area contributed by atoms with Crippen LogP contribution >= 0.6 is 11.6 Å². The summed E-state index contributed by atoms with van der Waals surface area (Å²) in [5, 5.41) is 4.67. The predicted octanol–water partition coefficient (Wildman–Crippen LogP) is 1.64. The molecule has 19 heavy (non-hydrogen) atoms. The lowest BCUT2D eigenvalue weighted by molar-refractivity contribution is 0.143. The van der Waals surface area contributed by atoms with E-state index in [4.69, 9.17) is 16.3 Å². The molecule has 3 heterocycles. The molecule has 0 aliphatic carbocycles. The Morgan fingerprint density at radius 2 is 2.42 bits per heavy atom. The van der Waals surface area contributed by atoms with Gasteiger partial charge in [0.25, 0.3) is 5.78 Å². The van der Waals surface area contributed by atoms with Crippen LogP contribution in [0.4, 0.5) is 5.82 Å². The monoisotopic (exact) mass is 281 g/mol. The molecule has 0 spiro atoms. The van der Waals surface area contributed by atoms with Gasteiger partial charge in [0.2, 0.25) is 0 Å². The Bertz CT molecular complexity index is 570. The van der Waals surface area contributed by atoms with E-state index in [2.05, 4.69) is 20.0 Å². The maximum absolute atomic E-state index is 6.05. The second-order valence-corrected chi connectivity index (χ2v) is 5.21. The first kappa shape index (κ1) is 12.6. The molecule has 2 aromatic heterocycles. The van der Waals surface area contributed by atoms with E-state index in [1.807, 2.05) is 6.07 Å². The molecule has 0 amide bonds. The zero-order valence-corrected chi connectivity index (χ0v) is 11.5. The number of fused-ring (bicyclic) bond motifs is 1. The predicted molar refractivity (Wildman–Crippen MR) is 72.6 cm³/mol. The largest absolute Gasteiger partial charge is 0.384 e. The van der Waals surface area contributed by atoms with Crippen LogP contribution in [-0.2, 0) is 4.74 Å². The second-order valence-electron chi connectivity index (χ2n) is 4.82. The molecule has 2 aromatic rings. The molecule has 0 aromatic carbocycles. The fourth-order valence-corrected chi connectivity index (χ4v) is 2.81. The summed E-state index contributed by atoms with van der Waals surface area (Å²) in [6, 6.07) is 1.85. The van der Waals surface area contributed by atoms with Crippen LogP contribution in [0.3, 0.4) is 0 Å². The van der Waals surface area contributed by atoms with Gasteiger partial charge in [-0.25, -0.2) is 0 Å². The molecule has 7 heteroatoms. The van der Waals surface area contributed by atoms with Crippen LogP contribution in [0.15, 0.2) is 12.4 Å². The molecular formula is C12H16ClN5O. The van der Waals surface area contributed by atoms with Crippen LogP contribution in [0.25, 0.3) is 5.78 Å². The number of nitrogens with zero attached hydrogens (tertiary/aromatic N) is 5. The first-order valence-corrected chi connectivity index (χ1v) is 6.76. The Balaban J connectivity index is 1.92. The Hall–Kier alpha value is -1.40. The summed E-state index contributed by atoms with van der Waals surface area (Å²) in [4.78, 5) is 10.5. The highest BCUT2D eigenvalue weighted by molar-refractivity contribution is 6.29. The highest BCUT2D eigenvalue weighted by atomic mass is 35.5. The lowest BCUT2D eigenvalue weighted by Crippen LogP contribution is -2.38. The zero-order valence-electron chi connectivity index (χ0n) is 10.8. The fourth-order valence-electron chi connectivity index (χ4n) is 2.64. The number of rotatable bonds is 3. The average Bonchev–Trinajstić information content (AvgIpc) is 2.86. The number of methoxy groups -OCH3 is 1. The number of ether oxygens (including phenoxy) is 1. The summed E-state index contributed by atoms with van der Waals surface area (Å²) in [5.74, 6) is 2.04. The van der Waals surface area contributed by atoms with E-state index in [-0.39, 0.29) is 0 Å². The minimum atomic E-state index is 0.448. The molecule has 0 bridgehead atoms. The van der Waals surface area contributed by atoms with Crippen molar-refractivity contribution in [2.75, 3.05) is 31.7 Å². The molecule has 3 rings (SSSR count). The van der Waals surface area contributed by atoms with Gasteiger partial charge in [0.05, 0.1) is 6.61 Å². The first-order chi connectivity index (χ1) is 9.28. The molecule has 1 unspecified atom stereocenters. The highest BCUT2D eigenvalue weighted by Crippen LogP contribution is 2.25. The molecule has 1 saturated heterocycles. The number of hydrogen-bond acceptors (Lipinski definition) is 5. The van der Waals surface area contributed by atoms with Gasteiger partial charge in [-0.05, 0) is 18.8 Å². The third-order valence-corrected chi connectivity index (χ3v) is 3.64. The minimum Gasteiger partial charge on any atom is -0.384 e.